The average Bonchev–Trinajstić information content (AvgIpc) is 2.54. The highest BCUT2D eigenvalue weighted by Gasteiger charge is 2.13. The van der Waals surface area contributed by atoms with Crippen LogP contribution in [0, 0.1) is 0 Å². The van der Waals surface area contributed by atoms with Gasteiger partial charge in [0.1, 0.15) is 0 Å². The first-order valence-electron chi connectivity index (χ1n) is 7.13. The Labute approximate surface area is 125 Å². The number of para-hydroxylation sites is 1. The third kappa shape index (κ3) is 3.95. The zero-order valence-corrected chi connectivity index (χ0v) is 12.5. The van der Waals surface area contributed by atoms with Crippen molar-refractivity contribution in [2.75, 3.05) is 13.7 Å². The SMILES string of the molecule is CCOc1c(CCC(O)c2cccnc2)cccc1OC. The number of aliphatic hydroxyl groups excluding tert-OH is 1. The minimum absolute atomic E-state index is 0.528. The Bertz CT molecular complexity index is 557. The van der Waals surface area contributed by atoms with E-state index in [1.54, 1.807) is 19.5 Å². The number of hydrogen-bond acceptors (Lipinski definition) is 4. The molecule has 2 aromatic rings. The zero-order chi connectivity index (χ0) is 15.1. The summed E-state index contributed by atoms with van der Waals surface area (Å²) < 4.78 is 11.0. The third-order valence-electron chi connectivity index (χ3n) is 3.33. The number of nitrogens with zero attached hydrogens (tertiary/aromatic N) is 1. The van der Waals surface area contributed by atoms with Crippen LogP contribution >= 0.6 is 0 Å². The average molecular weight is 287 g/mol. The molecule has 0 aliphatic carbocycles. The minimum Gasteiger partial charge on any atom is -0.493 e. The van der Waals surface area contributed by atoms with Crippen LogP contribution in [-0.2, 0) is 6.42 Å². The number of aryl methyl sites for hydroxylation is 1. The normalized spacial score (nSPS) is 12.0. The van der Waals surface area contributed by atoms with Crippen LogP contribution in [0.5, 0.6) is 11.5 Å². The number of aliphatic hydroxyl groups is 1. The molecule has 1 heterocycles. The third-order valence-corrected chi connectivity index (χ3v) is 3.33. The minimum atomic E-state index is -0.528. The zero-order valence-electron chi connectivity index (χ0n) is 12.5. The standard InChI is InChI=1S/C17H21NO3/c1-3-21-17-13(6-4-8-16(17)20-2)9-10-15(19)14-7-5-11-18-12-14/h4-8,11-12,15,19H,3,9-10H2,1-2H3. The molecular weight excluding hydrogens is 266 g/mol. The van der Waals surface area contributed by atoms with E-state index in [1.807, 2.05) is 37.3 Å². The second-order valence-corrected chi connectivity index (χ2v) is 4.72. The lowest BCUT2D eigenvalue weighted by atomic mass is 10.0. The number of ether oxygens (including phenoxy) is 2. The molecule has 0 saturated carbocycles. The van der Waals surface area contributed by atoms with Gasteiger partial charge < -0.3 is 14.6 Å². The molecule has 4 nitrogen and oxygen atoms in total. The molecule has 0 radical (unpaired) electrons. The highest BCUT2D eigenvalue weighted by atomic mass is 16.5. The van der Waals surface area contributed by atoms with Gasteiger partial charge in [-0.05, 0) is 43.0 Å². The summed E-state index contributed by atoms with van der Waals surface area (Å²) in [5.74, 6) is 1.49. The van der Waals surface area contributed by atoms with Crippen molar-refractivity contribution in [3.63, 3.8) is 0 Å². The van der Waals surface area contributed by atoms with Crippen molar-refractivity contribution in [3.8, 4) is 11.5 Å². The Morgan fingerprint density at radius 1 is 1.24 bits per heavy atom. The van der Waals surface area contributed by atoms with Gasteiger partial charge in [-0.3, -0.25) is 4.98 Å². The van der Waals surface area contributed by atoms with Crippen molar-refractivity contribution >= 4 is 0 Å². The van der Waals surface area contributed by atoms with Crippen molar-refractivity contribution in [1.82, 2.24) is 4.98 Å². The lowest BCUT2D eigenvalue weighted by Gasteiger charge is -2.15. The van der Waals surface area contributed by atoms with E-state index in [0.29, 0.717) is 19.4 Å². The number of rotatable bonds is 7. The number of hydrogen-bond donors (Lipinski definition) is 1. The molecule has 4 heteroatoms. The van der Waals surface area contributed by atoms with Crippen molar-refractivity contribution in [1.29, 1.82) is 0 Å². The lowest BCUT2D eigenvalue weighted by Crippen LogP contribution is -2.03. The molecule has 112 valence electrons. The molecule has 0 amide bonds. The molecule has 1 N–H and O–H groups in total. The van der Waals surface area contributed by atoms with Crippen LogP contribution in [0.25, 0.3) is 0 Å². The van der Waals surface area contributed by atoms with Crippen LogP contribution in [0.2, 0.25) is 0 Å². The summed E-state index contributed by atoms with van der Waals surface area (Å²) in [6.07, 6.45) is 4.19. The summed E-state index contributed by atoms with van der Waals surface area (Å²) in [5, 5.41) is 10.2. The van der Waals surface area contributed by atoms with Gasteiger partial charge in [-0.2, -0.15) is 0 Å². The van der Waals surface area contributed by atoms with Crippen LogP contribution in [0.3, 0.4) is 0 Å². The molecule has 1 atom stereocenters. The first-order valence-corrected chi connectivity index (χ1v) is 7.13. The van der Waals surface area contributed by atoms with Crippen LogP contribution in [0.1, 0.15) is 30.6 Å². The van der Waals surface area contributed by atoms with Crippen molar-refractivity contribution in [2.45, 2.75) is 25.9 Å². The van der Waals surface area contributed by atoms with Crippen LogP contribution in [0.15, 0.2) is 42.7 Å². The first kappa shape index (κ1) is 15.3. The van der Waals surface area contributed by atoms with E-state index in [1.165, 1.54) is 0 Å². The molecule has 0 spiro atoms. The summed E-state index contributed by atoms with van der Waals surface area (Å²) in [6.45, 7) is 2.53. The Kier molecular flexibility index (Phi) is 5.58. The van der Waals surface area contributed by atoms with Gasteiger partial charge in [0, 0.05) is 12.4 Å². The van der Waals surface area contributed by atoms with E-state index in [4.69, 9.17) is 9.47 Å². The quantitative estimate of drug-likeness (QED) is 0.850. The predicted octanol–water partition coefficient (Wildman–Crippen LogP) is 3.16. The Morgan fingerprint density at radius 2 is 2.10 bits per heavy atom. The number of methoxy groups -OCH3 is 1. The molecule has 2 rings (SSSR count). The first-order chi connectivity index (χ1) is 10.3. The van der Waals surface area contributed by atoms with E-state index in [0.717, 1.165) is 22.6 Å². The molecule has 0 aliphatic heterocycles. The van der Waals surface area contributed by atoms with Crippen LogP contribution in [-0.4, -0.2) is 23.8 Å². The Morgan fingerprint density at radius 3 is 2.76 bits per heavy atom. The second-order valence-electron chi connectivity index (χ2n) is 4.72. The van der Waals surface area contributed by atoms with Crippen LogP contribution in [0.4, 0.5) is 0 Å². The molecule has 0 saturated heterocycles. The van der Waals surface area contributed by atoms with Gasteiger partial charge in [0.2, 0.25) is 0 Å². The van der Waals surface area contributed by atoms with Crippen LogP contribution < -0.4 is 9.47 Å². The molecule has 1 aromatic heterocycles. The highest BCUT2D eigenvalue weighted by molar-refractivity contribution is 5.46. The van der Waals surface area contributed by atoms with Gasteiger partial charge in [-0.1, -0.05) is 18.2 Å². The summed E-state index contributed by atoms with van der Waals surface area (Å²) in [4.78, 5) is 4.03. The fourth-order valence-electron chi connectivity index (χ4n) is 2.26. The number of pyridine rings is 1. The smallest absolute Gasteiger partial charge is 0.164 e. The summed E-state index contributed by atoms with van der Waals surface area (Å²) in [7, 11) is 1.63. The van der Waals surface area contributed by atoms with Gasteiger partial charge in [0.05, 0.1) is 19.8 Å². The molecule has 1 aromatic carbocycles. The molecule has 1 unspecified atom stereocenters. The maximum atomic E-state index is 10.2. The lowest BCUT2D eigenvalue weighted by molar-refractivity contribution is 0.167. The van der Waals surface area contributed by atoms with E-state index in [2.05, 4.69) is 4.98 Å². The van der Waals surface area contributed by atoms with Crippen molar-refractivity contribution in [2.24, 2.45) is 0 Å². The molecule has 0 fully saturated rings. The summed E-state index contributed by atoms with van der Waals surface area (Å²) >= 11 is 0. The van der Waals surface area contributed by atoms with Crippen molar-refractivity contribution in [3.05, 3.63) is 53.9 Å². The predicted molar refractivity (Wildman–Crippen MR) is 81.7 cm³/mol. The van der Waals surface area contributed by atoms with E-state index in [-0.39, 0.29) is 0 Å². The van der Waals surface area contributed by atoms with Crippen molar-refractivity contribution < 1.29 is 14.6 Å². The summed E-state index contributed by atoms with van der Waals surface area (Å²) in [6, 6.07) is 9.53. The van der Waals surface area contributed by atoms with E-state index in [9.17, 15) is 5.11 Å². The molecular formula is C17H21NO3. The number of benzene rings is 1. The van der Waals surface area contributed by atoms with Gasteiger partial charge in [0.25, 0.3) is 0 Å². The molecule has 21 heavy (non-hydrogen) atoms. The number of aromatic nitrogens is 1. The Hall–Kier alpha value is -2.07. The largest absolute Gasteiger partial charge is 0.493 e. The fourth-order valence-corrected chi connectivity index (χ4v) is 2.26. The van der Waals surface area contributed by atoms with Gasteiger partial charge >= 0.3 is 0 Å². The topological polar surface area (TPSA) is 51.6 Å². The maximum absolute atomic E-state index is 10.2. The molecule has 0 bridgehead atoms. The fraction of sp³-hybridized carbons (Fsp3) is 0.353. The monoisotopic (exact) mass is 287 g/mol. The maximum Gasteiger partial charge on any atom is 0.164 e. The second kappa shape index (κ2) is 7.64. The van der Waals surface area contributed by atoms with Gasteiger partial charge in [-0.25, -0.2) is 0 Å². The molecule has 0 aliphatic rings. The van der Waals surface area contributed by atoms with Gasteiger partial charge in [-0.15, -0.1) is 0 Å². The highest BCUT2D eigenvalue weighted by Crippen LogP contribution is 2.33. The van der Waals surface area contributed by atoms with E-state index >= 15 is 0 Å². The summed E-state index contributed by atoms with van der Waals surface area (Å²) in [5.41, 5.74) is 1.87. The Balaban J connectivity index is 2.09. The van der Waals surface area contributed by atoms with Gasteiger partial charge in [0.15, 0.2) is 11.5 Å². The van der Waals surface area contributed by atoms with E-state index < -0.39 is 6.10 Å².